The molecule has 0 saturated carbocycles. The van der Waals surface area contributed by atoms with Crippen LogP contribution in [0.25, 0.3) is 0 Å². The van der Waals surface area contributed by atoms with Crippen molar-refractivity contribution in [2.24, 2.45) is 0 Å². The highest BCUT2D eigenvalue weighted by Gasteiger charge is 2.23. The first kappa shape index (κ1) is 13.6. The van der Waals surface area contributed by atoms with Crippen molar-refractivity contribution in [2.45, 2.75) is 38.2 Å². The molecule has 0 aliphatic carbocycles. The van der Waals surface area contributed by atoms with Gasteiger partial charge in [-0.25, -0.2) is 4.98 Å². The number of pyridine rings is 1. The van der Waals surface area contributed by atoms with Gasteiger partial charge in [0, 0.05) is 31.8 Å². The smallest absolute Gasteiger partial charge is 0.129 e. The van der Waals surface area contributed by atoms with E-state index in [0.717, 1.165) is 49.4 Å². The number of aryl methyl sites for hydroxylation is 1. The van der Waals surface area contributed by atoms with Crippen LogP contribution in [-0.4, -0.2) is 31.3 Å². The monoisotopic (exact) mass is 268 g/mol. The summed E-state index contributed by atoms with van der Waals surface area (Å²) in [5, 5.41) is 0. The standard InChI is InChI=1S/C14H21ClN2O/c1-3-4-12-7-11(9-15)8-14(16-12)17-6-5-13(10-17)18-2/h7-8,13H,3-6,9-10H2,1-2H3. The van der Waals surface area contributed by atoms with Crippen LogP contribution in [0.3, 0.4) is 0 Å². The quantitative estimate of drug-likeness (QED) is 0.768. The minimum absolute atomic E-state index is 0.334. The van der Waals surface area contributed by atoms with Crippen LogP contribution in [0.15, 0.2) is 12.1 Å². The Morgan fingerprint density at radius 1 is 1.50 bits per heavy atom. The number of halogens is 1. The molecule has 1 aliphatic rings. The third kappa shape index (κ3) is 3.15. The summed E-state index contributed by atoms with van der Waals surface area (Å²) in [7, 11) is 1.78. The van der Waals surface area contributed by atoms with Gasteiger partial charge in [0.15, 0.2) is 0 Å². The molecule has 2 rings (SSSR count). The summed E-state index contributed by atoms with van der Waals surface area (Å²) in [6.07, 6.45) is 3.53. The van der Waals surface area contributed by atoms with Gasteiger partial charge in [0.2, 0.25) is 0 Å². The fraction of sp³-hybridized carbons (Fsp3) is 0.643. The Morgan fingerprint density at radius 2 is 2.33 bits per heavy atom. The fourth-order valence-electron chi connectivity index (χ4n) is 2.39. The fourth-order valence-corrected chi connectivity index (χ4v) is 2.54. The van der Waals surface area contributed by atoms with E-state index in [1.54, 1.807) is 7.11 Å². The summed E-state index contributed by atoms with van der Waals surface area (Å²) in [6, 6.07) is 4.22. The third-order valence-electron chi connectivity index (χ3n) is 3.39. The predicted molar refractivity (Wildman–Crippen MR) is 75.4 cm³/mol. The number of rotatable bonds is 5. The highest BCUT2D eigenvalue weighted by atomic mass is 35.5. The SMILES string of the molecule is CCCc1cc(CCl)cc(N2CCC(OC)C2)n1. The highest BCUT2D eigenvalue weighted by Crippen LogP contribution is 2.22. The first-order valence-corrected chi connectivity index (χ1v) is 7.13. The highest BCUT2D eigenvalue weighted by molar-refractivity contribution is 6.17. The summed E-state index contributed by atoms with van der Waals surface area (Å²) in [5.41, 5.74) is 2.30. The van der Waals surface area contributed by atoms with Crippen LogP contribution in [0, 0.1) is 0 Å². The molecule has 3 nitrogen and oxygen atoms in total. The summed E-state index contributed by atoms with van der Waals surface area (Å²) in [5.74, 6) is 1.60. The first-order chi connectivity index (χ1) is 8.76. The molecule has 1 saturated heterocycles. The number of alkyl halides is 1. The zero-order valence-electron chi connectivity index (χ0n) is 11.2. The van der Waals surface area contributed by atoms with E-state index in [9.17, 15) is 0 Å². The Balaban J connectivity index is 2.18. The molecule has 1 aliphatic heterocycles. The molecule has 1 fully saturated rings. The van der Waals surface area contributed by atoms with Crippen molar-refractivity contribution in [3.63, 3.8) is 0 Å². The lowest BCUT2D eigenvalue weighted by Gasteiger charge is -2.19. The molecular weight excluding hydrogens is 248 g/mol. The van der Waals surface area contributed by atoms with Crippen LogP contribution >= 0.6 is 11.6 Å². The van der Waals surface area contributed by atoms with Gasteiger partial charge in [-0.1, -0.05) is 13.3 Å². The van der Waals surface area contributed by atoms with Gasteiger partial charge in [0.1, 0.15) is 5.82 Å². The third-order valence-corrected chi connectivity index (χ3v) is 3.70. The van der Waals surface area contributed by atoms with E-state index < -0.39 is 0 Å². The number of nitrogens with zero attached hydrogens (tertiary/aromatic N) is 2. The molecule has 2 heterocycles. The number of methoxy groups -OCH3 is 1. The molecule has 0 spiro atoms. The van der Waals surface area contributed by atoms with Crippen LogP contribution < -0.4 is 4.90 Å². The maximum absolute atomic E-state index is 5.96. The summed E-state index contributed by atoms with van der Waals surface area (Å²) in [4.78, 5) is 7.03. The van der Waals surface area contributed by atoms with Crippen molar-refractivity contribution in [3.8, 4) is 0 Å². The van der Waals surface area contributed by atoms with E-state index in [2.05, 4.69) is 24.0 Å². The number of aromatic nitrogens is 1. The van der Waals surface area contributed by atoms with E-state index in [1.165, 1.54) is 0 Å². The number of anilines is 1. The maximum atomic E-state index is 5.96. The second kappa shape index (κ2) is 6.39. The molecule has 0 radical (unpaired) electrons. The van der Waals surface area contributed by atoms with E-state index in [1.807, 2.05) is 0 Å². The molecular formula is C14H21ClN2O. The number of hydrogen-bond donors (Lipinski definition) is 0. The van der Waals surface area contributed by atoms with E-state index in [4.69, 9.17) is 21.3 Å². The van der Waals surface area contributed by atoms with E-state index in [0.29, 0.717) is 12.0 Å². The van der Waals surface area contributed by atoms with Gasteiger partial charge in [-0.3, -0.25) is 0 Å². The van der Waals surface area contributed by atoms with E-state index in [-0.39, 0.29) is 0 Å². The lowest BCUT2D eigenvalue weighted by atomic mass is 10.2. The molecule has 1 aromatic heterocycles. The average Bonchev–Trinajstić information content (AvgIpc) is 2.87. The zero-order valence-corrected chi connectivity index (χ0v) is 11.9. The van der Waals surface area contributed by atoms with Crippen molar-refractivity contribution >= 4 is 17.4 Å². The molecule has 1 aromatic rings. The molecule has 1 atom stereocenters. The maximum Gasteiger partial charge on any atom is 0.129 e. The summed E-state index contributed by atoms with van der Waals surface area (Å²) in [6.45, 7) is 4.12. The summed E-state index contributed by atoms with van der Waals surface area (Å²) < 4.78 is 5.40. The van der Waals surface area contributed by atoms with Crippen molar-refractivity contribution in [1.29, 1.82) is 0 Å². The van der Waals surface area contributed by atoms with Gasteiger partial charge in [0.25, 0.3) is 0 Å². The lowest BCUT2D eigenvalue weighted by Crippen LogP contribution is -2.23. The van der Waals surface area contributed by atoms with Gasteiger partial charge in [-0.15, -0.1) is 11.6 Å². The Labute approximate surface area is 114 Å². The lowest BCUT2D eigenvalue weighted by molar-refractivity contribution is 0.121. The largest absolute Gasteiger partial charge is 0.380 e. The van der Waals surface area contributed by atoms with Crippen LogP contribution in [0.1, 0.15) is 31.0 Å². The number of ether oxygens (including phenoxy) is 1. The minimum atomic E-state index is 0.334. The second-order valence-electron chi connectivity index (χ2n) is 4.80. The molecule has 0 amide bonds. The van der Waals surface area contributed by atoms with Crippen molar-refractivity contribution in [3.05, 3.63) is 23.4 Å². The van der Waals surface area contributed by atoms with Crippen molar-refractivity contribution in [2.75, 3.05) is 25.1 Å². The van der Waals surface area contributed by atoms with Crippen molar-refractivity contribution in [1.82, 2.24) is 4.98 Å². The minimum Gasteiger partial charge on any atom is -0.380 e. The average molecular weight is 269 g/mol. The van der Waals surface area contributed by atoms with Gasteiger partial charge in [0.05, 0.1) is 6.10 Å². The molecule has 0 N–H and O–H groups in total. The van der Waals surface area contributed by atoms with Crippen LogP contribution in [0.2, 0.25) is 0 Å². The first-order valence-electron chi connectivity index (χ1n) is 6.60. The van der Waals surface area contributed by atoms with Crippen LogP contribution in [0.5, 0.6) is 0 Å². The molecule has 0 aromatic carbocycles. The van der Waals surface area contributed by atoms with Gasteiger partial charge in [-0.2, -0.15) is 0 Å². The summed E-state index contributed by atoms with van der Waals surface area (Å²) >= 11 is 5.96. The Bertz CT molecular complexity index is 397. The van der Waals surface area contributed by atoms with Crippen LogP contribution in [0.4, 0.5) is 5.82 Å². The van der Waals surface area contributed by atoms with Crippen molar-refractivity contribution < 1.29 is 4.74 Å². The van der Waals surface area contributed by atoms with Gasteiger partial charge >= 0.3 is 0 Å². The molecule has 18 heavy (non-hydrogen) atoms. The second-order valence-corrected chi connectivity index (χ2v) is 5.07. The molecule has 100 valence electrons. The normalized spacial score (nSPS) is 19.5. The zero-order chi connectivity index (χ0) is 13.0. The Morgan fingerprint density at radius 3 is 2.94 bits per heavy atom. The predicted octanol–water partition coefficient (Wildman–Crippen LogP) is 3.00. The molecule has 0 bridgehead atoms. The Kier molecular flexibility index (Phi) is 4.84. The van der Waals surface area contributed by atoms with E-state index >= 15 is 0 Å². The Hall–Kier alpha value is -0.800. The molecule has 4 heteroatoms. The molecule has 1 unspecified atom stereocenters. The van der Waals surface area contributed by atoms with Gasteiger partial charge in [-0.05, 0) is 30.5 Å². The number of hydrogen-bond acceptors (Lipinski definition) is 3. The topological polar surface area (TPSA) is 25.4 Å². The van der Waals surface area contributed by atoms with Crippen LogP contribution in [-0.2, 0) is 17.0 Å². The van der Waals surface area contributed by atoms with Gasteiger partial charge < -0.3 is 9.64 Å².